The van der Waals surface area contributed by atoms with Crippen LogP contribution >= 0.6 is 0 Å². The maximum atomic E-state index is 13.8. The van der Waals surface area contributed by atoms with Gasteiger partial charge in [0.2, 0.25) is 0 Å². The molecule has 0 aromatic carbocycles. The van der Waals surface area contributed by atoms with Crippen molar-refractivity contribution in [3.8, 4) is 0 Å². The zero-order valence-electron chi connectivity index (χ0n) is 80.1. The second-order valence-corrected chi connectivity index (χ2v) is 32.1. The Bertz CT molecular complexity index is 3330. The van der Waals surface area contributed by atoms with Gasteiger partial charge >= 0.3 is 90.9 Å². The summed E-state index contributed by atoms with van der Waals surface area (Å²) in [6.07, 6.45) is 14.7. The second-order valence-electron chi connectivity index (χ2n) is 32.1. The predicted octanol–water partition coefficient (Wildman–Crippen LogP) is 15.3. The number of esters is 5. The molecule has 8 amide bonds. The van der Waals surface area contributed by atoms with E-state index >= 15 is 0 Å². The van der Waals surface area contributed by atoms with Gasteiger partial charge in [-0.2, -0.15) is 0 Å². The lowest BCUT2D eigenvalue weighted by molar-refractivity contribution is -0.145. The molecule has 0 radical (unpaired) electrons. The van der Waals surface area contributed by atoms with Gasteiger partial charge in [0.1, 0.15) is 0 Å². The number of nitrogens with one attached hydrogen (secondary N) is 8. The lowest BCUT2D eigenvalue weighted by Crippen LogP contribution is -2.35. The van der Waals surface area contributed by atoms with E-state index in [9.17, 15) is 71.9 Å². The van der Waals surface area contributed by atoms with Crippen molar-refractivity contribution < 1.29 is 152 Å². The molecule has 0 aromatic rings. The van der Waals surface area contributed by atoms with Gasteiger partial charge in [0.15, 0.2) is 0 Å². The number of rotatable bonds is 82. The summed E-state index contributed by atoms with van der Waals surface area (Å²) in [7, 11) is 0. The molecule has 40 nitrogen and oxygen atoms in total. The fourth-order valence-electron chi connectivity index (χ4n) is 13.0. The summed E-state index contributed by atoms with van der Waals surface area (Å²) >= 11 is 0. The average Bonchev–Trinajstić information content (AvgIpc) is 0.884. The highest BCUT2D eigenvalue weighted by atomic mass is 16.7. The largest absolute Gasteiger partial charge is 0.508 e. The van der Waals surface area contributed by atoms with E-state index in [1.807, 2.05) is 41.5 Å². The molecule has 0 spiro atoms. The molecule has 133 heavy (non-hydrogen) atoms. The third kappa shape index (κ3) is 68.6. The SMILES string of the molecule is C=CC(=O)OCCCCCOC(=O)NCCCCNC(=O)OCC(CC)(CC)CCOC(=O)OCCC(CC)(CCCC(=O)OCCC(CC)(CCOC(=O)OCCC(CC)(CCC)COC(=O)NCCCCNC(=O)OCCCCCOC(=O)C=C)COC(=O)NCCCCNC(=O)OCCCCCOC(=O)C=C)COC(=O)NCCCCNC(=O)OCCCCCOC(=O)C=C. The van der Waals surface area contributed by atoms with Crippen LogP contribution < -0.4 is 42.5 Å². The number of ether oxygens (including phenoxy) is 17. The van der Waals surface area contributed by atoms with E-state index in [4.69, 9.17) is 80.5 Å². The minimum atomic E-state index is -0.960. The van der Waals surface area contributed by atoms with Crippen LogP contribution in [0.2, 0.25) is 0 Å². The van der Waals surface area contributed by atoms with Gasteiger partial charge < -0.3 is 123 Å². The molecule has 0 aliphatic carbocycles. The normalized spacial score (nSPS) is 12.1. The number of carbonyl (C=O) groups excluding carboxylic acids is 15. The molecule has 0 saturated carbocycles. The molecular formula is C93H158N8O32. The van der Waals surface area contributed by atoms with Gasteiger partial charge in [-0.3, -0.25) is 4.79 Å². The van der Waals surface area contributed by atoms with Crippen LogP contribution in [0.1, 0.15) is 266 Å². The van der Waals surface area contributed by atoms with E-state index in [0.717, 1.165) is 30.7 Å². The first kappa shape index (κ1) is 122. The highest BCUT2D eigenvalue weighted by Crippen LogP contribution is 2.37. The van der Waals surface area contributed by atoms with Crippen LogP contribution in [-0.4, -0.2) is 256 Å². The maximum absolute atomic E-state index is 13.8. The summed E-state index contributed by atoms with van der Waals surface area (Å²) in [5.74, 6) is -2.56. The molecular weight excluding hydrogens is 1740 g/mol. The fraction of sp³-hybridized carbons (Fsp3) is 0.753. The first-order valence-electron chi connectivity index (χ1n) is 47.3. The standard InChI is InChI=1S/C93H158N8O32/c1-11-43-91(18-8,72-131-85(112)99-55-30-26-51-95-81(108)123-63-38-22-34-59-118-76(103)13-3)47-68-127-89(116)129-70-49-93(20-10,74-133-87(114)101-57-32-28-53-97-83(110)125-65-40-24-36-61-120-78(105)15-5)46-66-121-79(106)42-41-44-92(19-9,73-132-86(113)100-56-31-27-52-96-82(109)124-64-39-23-35-60-119-77(104)14-4)48-69-128-88(115)126-67-45-90(16-6,17-7)71-130-84(111)98-54-29-25-50-94-80(107)122-62-37-21-33-58-117-75(102)12-2/h12-15H,2-5,11,16-74H2,1,6-10H3,(H,94,107)(H,95,108)(H,96,109)(H,97,110)(H,98,111)(H,99,112)(H,100,113)(H,101,114). The van der Waals surface area contributed by atoms with Crippen molar-refractivity contribution in [1.29, 1.82) is 0 Å². The molecule has 0 saturated heterocycles. The van der Waals surface area contributed by atoms with Crippen molar-refractivity contribution >= 4 is 90.9 Å². The molecule has 0 heterocycles. The Morgan fingerprint density at radius 3 is 0.647 bits per heavy atom. The van der Waals surface area contributed by atoms with Crippen molar-refractivity contribution in [2.45, 2.75) is 266 Å². The van der Waals surface area contributed by atoms with Gasteiger partial charge in [0, 0.05) is 105 Å². The van der Waals surface area contributed by atoms with E-state index in [-0.39, 0.29) is 171 Å². The van der Waals surface area contributed by atoms with Crippen molar-refractivity contribution in [2.24, 2.45) is 21.7 Å². The molecule has 0 bridgehead atoms. The van der Waals surface area contributed by atoms with E-state index in [2.05, 4.69) is 68.9 Å². The zero-order chi connectivity index (χ0) is 98.6. The van der Waals surface area contributed by atoms with E-state index in [0.29, 0.717) is 212 Å². The van der Waals surface area contributed by atoms with Crippen molar-refractivity contribution in [1.82, 2.24) is 42.5 Å². The third-order valence-corrected chi connectivity index (χ3v) is 22.3. The summed E-state index contributed by atoms with van der Waals surface area (Å²) in [5.41, 5.74) is -2.83. The van der Waals surface area contributed by atoms with Crippen molar-refractivity contribution in [3.63, 3.8) is 0 Å². The van der Waals surface area contributed by atoms with E-state index < -0.39 is 113 Å². The Morgan fingerprint density at radius 1 is 0.211 bits per heavy atom. The number of hydrogen-bond donors (Lipinski definition) is 8. The van der Waals surface area contributed by atoms with Crippen LogP contribution in [0, 0.1) is 21.7 Å². The Morgan fingerprint density at radius 2 is 0.414 bits per heavy atom. The summed E-state index contributed by atoms with van der Waals surface area (Å²) in [6, 6.07) is 0. The summed E-state index contributed by atoms with van der Waals surface area (Å²) in [6.45, 7) is 28.1. The first-order valence-corrected chi connectivity index (χ1v) is 47.3. The quantitative estimate of drug-likeness (QED) is 0.0121. The minimum absolute atomic E-state index is 0.0405. The number of alkyl carbamates (subject to hydrolysis) is 8. The van der Waals surface area contributed by atoms with E-state index in [1.165, 1.54) is 0 Å². The first-order chi connectivity index (χ1) is 64.1. The third-order valence-electron chi connectivity index (χ3n) is 22.3. The summed E-state index contributed by atoms with van der Waals surface area (Å²) < 4.78 is 91.6. The fourth-order valence-corrected chi connectivity index (χ4v) is 13.0. The van der Waals surface area contributed by atoms with Gasteiger partial charge in [0.05, 0.1) is 112 Å². The number of hydrogen-bond acceptors (Lipinski definition) is 32. The summed E-state index contributed by atoms with van der Waals surface area (Å²) in [4.78, 5) is 186. The van der Waals surface area contributed by atoms with E-state index in [1.54, 1.807) is 0 Å². The number of unbranched alkanes of at least 4 members (excludes halogenated alkanes) is 12. The minimum Gasteiger partial charge on any atom is -0.466 e. The predicted molar refractivity (Wildman–Crippen MR) is 490 cm³/mol. The van der Waals surface area contributed by atoms with Crippen LogP contribution in [0.4, 0.5) is 47.9 Å². The monoisotopic (exact) mass is 1900 g/mol. The lowest BCUT2D eigenvalue weighted by Gasteiger charge is -2.33. The molecule has 3 unspecified atom stereocenters. The molecule has 8 N–H and O–H groups in total. The Kier molecular flexibility index (Phi) is 74.0. The van der Waals surface area contributed by atoms with Crippen LogP contribution in [0.15, 0.2) is 50.6 Å². The number of carbonyl (C=O) groups is 15. The van der Waals surface area contributed by atoms with Gasteiger partial charge in [0.25, 0.3) is 0 Å². The van der Waals surface area contributed by atoms with Gasteiger partial charge in [-0.05, 0) is 212 Å². The molecule has 0 rings (SSSR count). The van der Waals surface area contributed by atoms with Crippen LogP contribution in [0.25, 0.3) is 0 Å². The molecule has 40 heteroatoms. The Labute approximate surface area is 785 Å². The molecule has 0 fully saturated rings. The van der Waals surface area contributed by atoms with Crippen molar-refractivity contribution in [3.05, 3.63) is 50.6 Å². The molecule has 0 aromatic heterocycles. The van der Waals surface area contributed by atoms with Crippen LogP contribution in [0.5, 0.6) is 0 Å². The maximum Gasteiger partial charge on any atom is 0.508 e. The van der Waals surface area contributed by atoms with Gasteiger partial charge in [-0.15, -0.1) is 0 Å². The molecule has 3 atom stereocenters. The second kappa shape index (κ2) is 80.6. The summed E-state index contributed by atoms with van der Waals surface area (Å²) in [5, 5.41) is 21.6. The Hall–Kier alpha value is -11.0. The number of amides is 8. The molecule has 762 valence electrons. The zero-order valence-corrected chi connectivity index (χ0v) is 80.1. The van der Waals surface area contributed by atoms with Crippen LogP contribution in [-0.2, 0) is 104 Å². The highest BCUT2D eigenvalue weighted by Gasteiger charge is 2.35. The lowest BCUT2D eigenvalue weighted by atomic mass is 9.78. The topological polar surface area (TPSA) is 509 Å². The van der Waals surface area contributed by atoms with Crippen molar-refractivity contribution in [2.75, 3.05) is 165 Å². The molecule has 0 aliphatic rings. The Balaban J connectivity index is 6.11. The smallest absolute Gasteiger partial charge is 0.466 e. The van der Waals surface area contributed by atoms with Gasteiger partial charge in [-0.25, -0.2) is 67.1 Å². The van der Waals surface area contributed by atoms with Gasteiger partial charge in [-0.1, -0.05) is 74.3 Å². The highest BCUT2D eigenvalue weighted by molar-refractivity contribution is 5.82. The molecule has 0 aliphatic heterocycles. The van der Waals surface area contributed by atoms with Crippen LogP contribution in [0.3, 0.4) is 0 Å². The average molecular weight is 1900 g/mol.